The van der Waals surface area contributed by atoms with Crippen LogP contribution in [0, 0.1) is 10.1 Å². The number of allylic oxidation sites excluding steroid dienone is 1. The molecule has 1 aromatic carbocycles. The van der Waals surface area contributed by atoms with E-state index in [0.717, 1.165) is 12.1 Å². The molecule has 23 heavy (non-hydrogen) atoms. The zero-order valence-corrected chi connectivity index (χ0v) is 12.7. The molecule has 1 heterocycles. The van der Waals surface area contributed by atoms with Gasteiger partial charge >= 0.3 is 17.7 Å². The number of rotatable bonds is 3. The maximum Gasteiger partial charge on any atom is 0.337 e. The van der Waals surface area contributed by atoms with Crippen molar-refractivity contribution in [3.63, 3.8) is 0 Å². The first-order valence-electron chi connectivity index (χ1n) is 6.58. The number of phenolic OH excluding ortho intramolecular Hbond substituents is 1. The van der Waals surface area contributed by atoms with Gasteiger partial charge in [0.15, 0.2) is 5.75 Å². The summed E-state index contributed by atoms with van der Waals surface area (Å²) in [7, 11) is 2.69. The largest absolute Gasteiger partial charge is 0.502 e. The molecule has 0 aliphatic carbocycles. The molecule has 122 valence electrons. The number of hydrogen-bond acceptors (Lipinski definition) is 6. The zero-order valence-electron chi connectivity index (χ0n) is 12.7. The molecule has 2 amide bonds. The molecule has 0 radical (unpaired) electrons. The number of nitrogens with zero attached hydrogens (tertiary/aromatic N) is 2. The molecular formula is C14H15N3O6. The molecule has 0 saturated carbocycles. The lowest BCUT2D eigenvalue weighted by molar-refractivity contribution is -0.385. The van der Waals surface area contributed by atoms with Crippen molar-refractivity contribution in [3.05, 3.63) is 45.1 Å². The van der Waals surface area contributed by atoms with Gasteiger partial charge in [0.25, 0.3) is 0 Å². The Hall–Kier alpha value is -3.10. The Morgan fingerprint density at radius 3 is 2.70 bits per heavy atom. The van der Waals surface area contributed by atoms with Crippen molar-refractivity contribution < 1.29 is 24.4 Å². The van der Waals surface area contributed by atoms with Gasteiger partial charge < -0.3 is 20.1 Å². The fourth-order valence-electron chi connectivity index (χ4n) is 2.33. The third kappa shape index (κ3) is 2.80. The number of amides is 2. The standard InChI is InChI=1S/C14H15N3O6/c1-7-11(13(19)23-3)12(15-14(20)16(7)2)8-4-5-10(18)9(6-8)17(21)22/h4-6,12,18H,1-3H3,(H,15,20)/t12-/m0/s1. The number of benzene rings is 1. The van der Waals surface area contributed by atoms with Crippen LogP contribution in [0.4, 0.5) is 10.5 Å². The normalized spacial score (nSPS) is 17.8. The van der Waals surface area contributed by atoms with Crippen LogP contribution >= 0.6 is 0 Å². The number of urea groups is 1. The summed E-state index contributed by atoms with van der Waals surface area (Å²) >= 11 is 0. The van der Waals surface area contributed by atoms with E-state index in [0.29, 0.717) is 5.70 Å². The monoisotopic (exact) mass is 321 g/mol. The van der Waals surface area contributed by atoms with Crippen molar-refractivity contribution in [3.8, 4) is 5.75 Å². The van der Waals surface area contributed by atoms with Crippen molar-refractivity contribution in [2.45, 2.75) is 13.0 Å². The maximum absolute atomic E-state index is 12.1. The van der Waals surface area contributed by atoms with Gasteiger partial charge in [-0.15, -0.1) is 0 Å². The van der Waals surface area contributed by atoms with Crippen LogP contribution in [0.15, 0.2) is 29.5 Å². The first kappa shape index (κ1) is 16.3. The van der Waals surface area contributed by atoms with Crippen LogP contribution in [0.5, 0.6) is 5.75 Å². The first-order chi connectivity index (χ1) is 10.8. The van der Waals surface area contributed by atoms with Crippen molar-refractivity contribution >= 4 is 17.7 Å². The third-order valence-electron chi connectivity index (χ3n) is 3.69. The fourth-order valence-corrected chi connectivity index (χ4v) is 2.33. The van der Waals surface area contributed by atoms with Crippen molar-refractivity contribution in [1.82, 2.24) is 10.2 Å². The predicted octanol–water partition coefficient (Wildman–Crippen LogP) is 1.44. The highest BCUT2D eigenvalue weighted by atomic mass is 16.6. The molecule has 2 rings (SSSR count). The Kier molecular flexibility index (Phi) is 4.21. The lowest BCUT2D eigenvalue weighted by Gasteiger charge is -2.33. The number of ether oxygens (including phenoxy) is 1. The molecule has 0 unspecified atom stereocenters. The SMILES string of the molecule is COC(=O)C1=C(C)N(C)C(=O)N[C@H]1c1ccc(O)c([N+](=O)[O-])c1. The van der Waals surface area contributed by atoms with E-state index in [4.69, 9.17) is 4.74 Å². The van der Waals surface area contributed by atoms with E-state index < -0.39 is 34.4 Å². The third-order valence-corrected chi connectivity index (χ3v) is 3.69. The molecule has 1 aromatic rings. The lowest BCUT2D eigenvalue weighted by atomic mass is 9.94. The summed E-state index contributed by atoms with van der Waals surface area (Å²) in [6.07, 6.45) is 0. The average Bonchev–Trinajstić information content (AvgIpc) is 2.51. The molecule has 1 atom stereocenters. The summed E-state index contributed by atoms with van der Waals surface area (Å²) in [5.41, 5.74) is 0.309. The number of nitrogens with one attached hydrogen (secondary N) is 1. The van der Waals surface area contributed by atoms with Gasteiger partial charge in [0.1, 0.15) is 0 Å². The van der Waals surface area contributed by atoms with Gasteiger partial charge in [-0.2, -0.15) is 0 Å². The average molecular weight is 321 g/mol. The van der Waals surface area contributed by atoms with Gasteiger partial charge in [-0.3, -0.25) is 10.1 Å². The lowest BCUT2D eigenvalue weighted by Crippen LogP contribution is -2.46. The molecule has 2 N–H and O–H groups in total. The van der Waals surface area contributed by atoms with Gasteiger partial charge in [-0.05, 0) is 18.6 Å². The summed E-state index contributed by atoms with van der Waals surface area (Å²) in [6, 6.07) is 2.28. The Bertz CT molecular complexity index is 727. The highest BCUT2D eigenvalue weighted by Crippen LogP contribution is 2.35. The second kappa shape index (κ2) is 5.95. The second-order valence-corrected chi connectivity index (χ2v) is 4.94. The van der Waals surface area contributed by atoms with E-state index in [2.05, 4.69) is 5.32 Å². The van der Waals surface area contributed by atoms with E-state index in [9.17, 15) is 24.8 Å². The Labute approximate surface area is 131 Å². The van der Waals surface area contributed by atoms with Crippen LogP contribution in [-0.2, 0) is 9.53 Å². The quantitative estimate of drug-likeness (QED) is 0.493. The molecule has 0 saturated heterocycles. The van der Waals surface area contributed by atoms with Crippen LogP contribution in [0.25, 0.3) is 0 Å². The van der Waals surface area contributed by atoms with E-state index in [-0.39, 0.29) is 11.1 Å². The van der Waals surface area contributed by atoms with Crippen LogP contribution in [-0.4, -0.2) is 41.1 Å². The first-order valence-corrected chi connectivity index (χ1v) is 6.58. The topological polar surface area (TPSA) is 122 Å². The number of hydrogen-bond donors (Lipinski definition) is 2. The number of carbonyl (C=O) groups is 2. The number of nitro benzene ring substituents is 1. The van der Waals surface area contributed by atoms with Crippen molar-refractivity contribution in [2.24, 2.45) is 0 Å². The van der Waals surface area contributed by atoms with Gasteiger partial charge in [0.05, 0.1) is 23.6 Å². The molecule has 9 heteroatoms. The van der Waals surface area contributed by atoms with E-state index in [1.165, 1.54) is 25.1 Å². The van der Waals surface area contributed by atoms with Crippen LogP contribution < -0.4 is 5.32 Å². The van der Waals surface area contributed by atoms with Crippen molar-refractivity contribution in [2.75, 3.05) is 14.2 Å². The molecule has 0 bridgehead atoms. The smallest absolute Gasteiger partial charge is 0.337 e. The molecule has 0 aromatic heterocycles. The Morgan fingerprint density at radius 1 is 1.48 bits per heavy atom. The summed E-state index contributed by atoms with van der Waals surface area (Å²) < 4.78 is 4.74. The Morgan fingerprint density at radius 2 is 2.13 bits per heavy atom. The minimum absolute atomic E-state index is 0.162. The molecule has 9 nitrogen and oxygen atoms in total. The van der Waals surface area contributed by atoms with Gasteiger partial charge in [0, 0.05) is 18.8 Å². The van der Waals surface area contributed by atoms with E-state index in [1.807, 2.05) is 0 Å². The molecule has 0 spiro atoms. The number of phenols is 1. The highest BCUT2D eigenvalue weighted by Gasteiger charge is 2.35. The summed E-state index contributed by atoms with van der Waals surface area (Å²) in [5.74, 6) is -1.16. The molecule has 1 aliphatic heterocycles. The maximum atomic E-state index is 12.1. The summed E-state index contributed by atoms with van der Waals surface area (Å²) in [4.78, 5) is 35.5. The van der Waals surface area contributed by atoms with Gasteiger partial charge in [-0.25, -0.2) is 9.59 Å². The summed E-state index contributed by atoms with van der Waals surface area (Å²) in [6.45, 7) is 1.58. The summed E-state index contributed by atoms with van der Waals surface area (Å²) in [5, 5.41) is 23.1. The number of carbonyl (C=O) groups excluding carboxylic acids is 2. The number of esters is 1. The van der Waals surface area contributed by atoms with Gasteiger partial charge in [-0.1, -0.05) is 6.07 Å². The zero-order chi connectivity index (χ0) is 17.3. The minimum Gasteiger partial charge on any atom is -0.502 e. The Balaban J connectivity index is 2.60. The van der Waals surface area contributed by atoms with Gasteiger partial charge in [0.2, 0.25) is 0 Å². The van der Waals surface area contributed by atoms with E-state index in [1.54, 1.807) is 6.92 Å². The number of aromatic hydroxyl groups is 1. The minimum atomic E-state index is -0.912. The second-order valence-electron chi connectivity index (χ2n) is 4.94. The molecule has 0 fully saturated rings. The number of methoxy groups -OCH3 is 1. The highest BCUT2D eigenvalue weighted by molar-refractivity contribution is 5.94. The van der Waals surface area contributed by atoms with Crippen LogP contribution in [0.3, 0.4) is 0 Å². The number of nitro groups is 1. The predicted molar refractivity (Wildman–Crippen MR) is 78.5 cm³/mol. The molecule has 1 aliphatic rings. The van der Waals surface area contributed by atoms with Crippen molar-refractivity contribution in [1.29, 1.82) is 0 Å². The van der Waals surface area contributed by atoms with Crippen LogP contribution in [0.1, 0.15) is 18.5 Å². The van der Waals surface area contributed by atoms with Crippen LogP contribution in [0.2, 0.25) is 0 Å². The fraction of sp³-hybridized carbons (Fsp3) is 0.286. The molecular weight excluding hydrogens is 306 g/mol. The van der Waals surface area contributed by atoms with E-state index >= 15 is 0 Å².